The van der Waals surface area contributed by atoms with Crippen molar-refractivity contribution in [1.29, 1.82) is 0 Å². The summed E-state index contributed by atoms with van der Waals surface area (Å²) in [6, 6.07) is 16.3. The first-order valence-electron chi connectivity index (χ1n) is 20.3. The van der Waals surface area contributed by atoms with E-state index in [0.29, 0.717) is 21.6 Å². The molecule has 0 bridgehead atoms. The maximum Gasteiger partial charge on any atom is 0.166 e. The summed E-state index contributed by atoms with van der Waals surface area (Å²) in [5.74, 6) is -1.28. The van der Waals surface area contributed by atoms with Crippen LogP contribution in [0, 0.1) is 40.9 Å². The minimum atomic E-state index is -0.641. The molecule has 2 aliphatic rings. The van der Waals surface area contributed by atoms with Gasteiger partial charge < -0.3 is 29.6 Å². The van der Waals surface area contributed by atoms with Crippen LogP contribution in [0.25, 0.3) is 11.1 Å². The Morgan fingerprint density at radius 2 is 1.14 bits per heavy atom. The monoisotopic (exact) mass is 1000 g/mol. The summed E-state index contributed by atoms with van der Waals surface area (Å²) in [7, 11) is 3.75. The maximum atomic E-state index is 14.7. The Bertz CT molecular complexity index is 2570. The fraction of sp³-hybridized carbons (Fsp3) is 0.261. The van der Waals surface area contributed by atoms with Gasteiger partial charge in [-0.25, -0.2) is 31.9 Å². The lowest BCUT2D eigenvalue weighted by Gasteiger charge is -2.33. The molecule has 2 aliphatic carbocycles. The highest BCUT2D eigenvalue weighted by atomic mass is 35.5. The molecular weight excluding hydrogens is 963 g/mol. The number of aromatic nitrogens is 2. The molecule has 4 unspecified atom stereocenters. The van der Waals surface area contributed by atoms with Gasteiger partial charge in [-0.3, -0.25) is 0 Å². The predicted molar refractivity (Wildman–Crippen MR) is 257 cm³/mol. The van der Waals surface area contributed by atoms with E-state index in [2.05, 4.69) is 42.2 Å². The summed E-state index contributed by atoms with van der Waals surface area (Å²) in [6.07, 6.45) is 7.73. The van der Waals surface area contributed by atoms with E-state index in [1.54, 1.807) is 40.7 Å². The van der Waals surface area contributed by atoms with Crippen LogP contribution in [0.5, 0.6) is 11.5 Å². The zero-order chi connectivity index (χ0) is 45.9. The first-order chi connectivity index (χ1) is 31.5. The number of benzene rings is 4. The molecule has 19 heteroatoms. The molecule has 4 atom stereocenters. The Morgan fingerprint density at radius 3 is 1.68 bits per heavy atom. The maximum absolute atomic E-state index is 14.7. The number of allylic oxidation sites excluding steroid dienone is 2. The van der Waals surface area contributed by atoms with Gasteiger partial charge in [0, 0.05) is 46.8 Å². The van der Waals surface area contributed by atoms with Crippen LogP contribution in [-0.4, -0.2) is 49.4 Å². The van der Waals surface area contributed by atoms with Crippen LogP contribution < -0.4 is 29.6 Å². The molecule has 0 radical (unpaired) electrons. The van der Waals surface area contributed by atoms with E-state index in [1.807, 2.05) is 19.5 Å². The third-order valence-corrected chi connectivity index (χ3v) is 14.3. The molecule has 0 saturated carbocycles. The number of nitrogens with zero attached hydrogens (tertiary/aromatic N) is 2. The fourth-order valence-corrected chi connectivity index (χ4v) is 10.4. The van der Waals surface area contributed by atoms with Crippen LogP contribution in [0.3, 0.4) is 0 Å². The molecule has 8 rings (SSSR count). The number of rotatable bonds is 16. The lowest BCUT2D eigenvalue weighted by atomic mass is 9.80. The number of thiazole rings is 2. The van der Waals surface area contributed by atoms with Crippen molar-refractivity contribution >= 4 is 92.6 Å². The molecule has 342 valence electrons. The molecule has 8 nitrogen and oxygen atoms in total. The molecule has 4 aromatic carbocycles. The number of hydrogen-bond donors (Lipinski definition) is 4. The van der Waals surface area contributed by atoms with Crippen LogP contribution in [0.4, 0.5) is 33.6 Å². The van der Waals surface area contributed by atoms with Crippen molar-refractivity contribution in [1.82, 2.24) is 20.6 Å². The van der Waals surface area contributed by atoms with Crippen LogP contribution in [0.15, 0.2) is 110 Å². The molecule has 2 heterocycles. The normalized spacial score (nSPS) is 18.2. The summed E-state index contributed by atoms with van der Waals surface area (Å²) in [5.41, 5.74) is 6.96. The second-order valence-electron chi connectivity index (χ2n) is 14.8. The van der Waals surface area contributed by atoms with Crippen LogP contribution in [0.2, 0.25) is 10.0 Å². The second-order valence-corrected chi connectivity index (χ2v) is 18.8. The first-order valence-corrected chi connectivity index (χ1v) is 24.6. The second kappa shape index (κ2) is 23.4. The molecule has 0 aliphatic heterocycles. The number of nitrogens with one attached hydrogen (secondary N) is 4. The van der Waals surface area contributed by atoms with Gasteiger partial charge in [0.05, 0.1) is 44.1 Å². The molecule has 4 N–H and O–H groups in total. The average Bonchev–Trinajstić information content (AvgIpc) is 4.05. The summed E-state index contributed by atoms with van der Waals surface area (Å²) < 4.78 is 89.0. The molecular formula is C46H43Cl2F5N6O2S4. The van der Waals surface area contributed by atoms with Crippen LogP contribution in [-0.2, 0) is 0 Å². The van der Waals surface area contributed by atoms with Crippen molar-refractivity contribution in [2.75, 3.05) is 36.8 Å². The predicted octanol–water partition coefficient (Wildman–Crippen LogP) is 13.4. The standard InChI is InChI=1S/C23H21Cl2F2N3OS2.C23H22F3N3OS2/c1-28-20-4-2-3-14(13-5-6-16(24)18(26)7-13)15(20)10-31-21-9-19(27)22(8-17(21)25)33-30-23-11-32-12-29-23;1-27-20-4-2-3-16(14-5-7-15(24)8-6-14)17(20)11-30-21-9-19(26)22(10-18(21)25)32-29-23-12-31-13-28-23/h3,5-9,11-12,15,20,28,30H,2,4,10H2,1H3;3,5-10,12-13,17,20,27,29H,2,4,11H2,1H3. The Kier molecular flexibility index (Phi) is 17.5. The Balaban J connectivity index is 0.000000194. The highest BCUT2D eigenvalue weighted by molar-refractivity contribution is 8.00. The van der Waals surface area contributed by atoms with Gasteiger partial charge in [0.1, 0.15) is 40.7 Å². The van der Waals surface area contributed by atoms with E-state index < -0.39 is 23.3 Å². The van der Waals surface area contributed by atoms with Crippen molar-refractivity contribution in [2.45, 2.75) is 47.6 Å². The van der Waals surface area contributed by atoms with Gasteiger partial charge in [0.25, 0.3) is 0 Å². The lowest BCUT2D eigenvalue weighted by Crippen LogP contribution is -2.39. The van der Waals surface area contributed by atoms with Crippen LogP contribution in [0.1, 0.15) is 36.8 Å². The highest BCUT2D eigenvalue weighted by Crippen LogP contribution is 2.39. The molecule has 0 saturated heterocycles. The Labute approximate surface area is 400 Å². The van der Waals surface area contributed by atoms with Gasteiger partial charge in [0.15, 0.2) is 11.6 Å². The van der Waals surface area contributed by atoms with Gasteiger partial charge >= 0.3 is 0 Å². The van der Waals surface area contributed by atoms with Gasteiger partial charge in [-0.2, -0.15) is 0 Å². The van der Waals surface area contributed by atoms with E-state index in [4.69, 9.17) is 32.7 Å². The van der Waals surface area contributed by atoms with Crippen molar-refractivity contribution in [3.05, 3.63) is 151 Å². The molecule has 2 aromatic heterocycles. The number of halogens is 7. The minimum absolute atomic E-state index is 0.0798. The zero-order valence-electron chi connectivity index (χ0n) is 34.9. The smallest absolute Gasteiger partial charge is 0.166 e. The molecule has 6 aromatic rings. The van der Waals surface area contributed by atoms with E-state index in [1.165, 1.54) is 53.0 Å². The lowest BCUT2D eigenvalue weighted by molar-refractivity contribution is 0.231. The van der Waals surface area contributed by atoms with Gasteiger partial charge in [-0.15, -0.1) is 22.7 Å². The number of anilines is 2. The number of hydrogen-bond acceptors (Lipinski definition) is 12. The molecule has 65 heavy (non-hydrogen) atoms. The third-order valence-electron chi connectivity index (χ3n) is 10.8. The van der Waals surface area contributed by atoms with Crippen LogP contribution >= 0.6 is 69.8 Å². The summed E-state index contributed by atoms with van der Waals surface area (Å²) in [4.78, 5) is 8.60. The Hall–Kier alpha value is -4.33. The topological polar surface area (TPSA) is 92.4 Å². The molecule has 0 spiro atoms. The van der Waals surface area contributed by atoms with Crippen molar-refractivity contribution in [3.8, 4) is 11.5 Å². The summed E-state index contributed by atoms with van der Waals surface area (Å²) in [5, 5.41) is 10.6. The molecule has 0 amide bonds. The number of ether oxygens (including phenoxy) is 2. The van der Waals surface area contributed by atoms with Gasteiger partial charge in [-0.05, 0) is 122 Å². The highest BCUT2D eigenvalue weighted by Gasteiger charge is 2.31. The third kappa shape index (κ3) is 12.8. The average molecular weight is 1010 g/mol. The molecule has 0 fully saturated rings. The summed E-state index contributed by atoms with van der Waals surface area (Å²) >= 11 is 17.1. The first kappa shape index (κ1) is 48.6. The minimum Gasteiger partial charge on any atom is -0.491 e. The van der Waals surface area contributed by atoms with Crippen molar-refractivity contribution in [3.63, 3.8) is 0 Å². The Morgan fingerprint density at radius 1 is 0.615 bits per heavy atom. The van der Waals surface area contributed by atoms with Gasteiger partial charge in [0.2, 0.25) is 0 Å². The summed E-state index contributed by atoms with van der Waals surface area (Å²) in [6.45, 7) is 0.416. The van der Waals surface area contributed by atoms with E-state index >= 15 is 0 Å². The zero-order valence-corrected chi connectivity index (χ0v) is 39.6. The van der Waals surface area contributed by atoms with E-state index in [0.717, 1.165) is 84.0 Å². The van der Waals surface area contributed by atoms with Crippen molar-refractivity contribution < 1.29 is 31.4 Å². The largest absolute Gasteiger partial charge is 0.491 e. The van der Waals surface area contributed by atoms with Gasteiger partial charge in [-0.1, -0.05) is 53.6 Å². The van der Waals surface area contributed by atoms with E-state index in [-0.39, 0.29) is 64.4 Å². The fourth-order valence-electron chi connectivity index (χ4n) is 7.56. The van der Waals surface area contributed by atoms with E-state index in [9.17, 15) is 22.0 Å². The van der Waals surface area contributed by atoms with Crippen molar-refractivity contribution in [2.24, 2.45) is 11.8 Å². The SMILES string of the molecule is CNC1CCC=C(c2ccc(Cl)c(F)c2)C1COc1cc(F)c(SNc2cscn2)cc1Cl.CNC1CCC=C(c2ccc(F)cc2)C1COc1cc(F)c(SNc2cscn2)cc1F. The quantitative estimate of drug-likeness (QED) is 0.0555.